The summed E-state index contributed by atoms with van der Waals surface area (Å²) in [6.45, 7) is 0.623. The summed E-state index contributed by atoms with van der Waals surface area (Å²) in [6.07, 6.45) is 4.00. The predicted octanol–water partition coefficient (Wildman–Crippen LogP) is 2.94. The van der Waals surface area contributed by atoms with Crippen LogP contribution in [0, 0.1) is 0 Å². The van der Waals surface area contributed by atoms with Crippen LogP contribution in [0.5, 0.6) is 0 Å². The second-order valence-electron chi connectivity index (χ2n) is 5.51. The van der Waals surface area contributed by atoms with Crippen molar-refractivity contribution in [1.29, 1.82) is 0 Å². The van der Waals surface area contributed by atoms with E-state index in [9.17, 15) is 4.79 Å². The first kappa shape index (κ1) is 14.3. The number of hydrogen-bond acceptors (Lipinski definition) is 3. The second kappa shape index (κ2) is 6.41. The SMILES string of the molecule is NC(CC(=O)NCc1cc2c(s1)CCC2)c1ccccc1. The highest BCUT2D eigenvalue weighted by molar-refractivity contribution is 7.12. The molecule has 1 aromatic carbocycles. The molecule has 21 heavy (non-hydrogen) atoms. The van der Waals surface area contributed by atoms with Gasteiger partial charge in [0.05, 0.1) is 6.54 Å². The zero-order valence-electron chi connectivity index (χ0n) is 12.0. The third-order valence-electron chi connectivity index (χ3n) is 3.89. The number of rotatable bonds is 5. The van der Waals surface area contributed by atoms with Gasteiger partial charge in [0.25, 0.3) is 0 Å². The number of aryl methyl sites for hydroxylation is 2. The number of hydrogen-bond donors (Lipinski definition) is 2. The third-order valence-corrected chi connectivity index (χ3v) is 5.13. The lowest BCUT2D eigenvalue weighted by molar-refractivity contribution is -0.121. The molecule has 1 aliphatic carbocycles. The van der Waals surface area contributed by atoms with Gasteiger partial charge in [-0.3, -0.25) is 4.79 Å². The van der Waals surface area contributed by atoms with E-state index in [-0.39, 0.29) is 11.9 Å². The minimum atomic E-state index is -0.237. The molecule has 2 aromatic rings. The highest BCUT2D eigenvalue weighted by Gasteiger charge is 2.16. The van der Waals surface area contributed by atoms with E-state index < -0.39 is 0 Å². The van der Waals surface area contributed by atoms with Crippen molar-refractivity contribution in [2.24, 2.45) is 5.73 Å². The molecule has 0 aliphatic heterocycles. The van der Waals surface area contributed by atoms with E-state index in [0.717, 1.165) is 5.56 Å². The average Bonchev–Trinajstić information content (AvgIpc) is 3.07. The predicted molar refractivity (Wildman–Crippen MR) is 86.2 cm³/mol. The Morgan fingerprint density at radius 2 is 2.10 bits per heavy atom. The molecule has 1 aromatic heterocycles. The quantitative estimate of drug-likeness (QED) is 0.892. The van der Waals surface area contributed by atoms with Crippen LogP contribution in [0.4, 0.5) is 0 Å². The number of nitrogens with two attached hydrogens (primary N) is 1. The van der Waals surface area contributed by atoms with Crippen LogP contribution in [0.1, 0.15) is 39.8 Å². The number of nitrogens with one attached hydrogen (secondary N) is 1. The Kier molecular flexibility index (Phi) is 4.36. The summed E-state index contributed by atoms with van der Waals surface area (Å²) >= 11 is 1.83. The lowest BCUT2D eigenvalue weighted by Crippen LogP contribution is -2.26. The third kappa shape index (κ3) is 3.52. The van der Waals surface area contributed by atoms with Crippen LogP contribution >= 0.6 is 11.3 Å². The minimum absolute atomic E-state index is 0.0138. The lowest BCUT2D eigenvalue weighted by atomic mass is 10.0. The van der Waals surface area contributed by atoms with Gasteiger partial charge >= 0.3 is 0 Å². The van der Waals surface area contributed by atoms with E-state index in [4.69, 9.17) is 5.73 Å². The number of amides is 1. The molecule has 1 atom stereocenters. The van der Waals surface area contributed by atoms with E-state index >= 15 is 0 Å². The van der Waals surface area contributed by atoms with Crippen LogP contribution in [0.25, 0.3) is 0 Å². The second-order valence-corrected chi connectivity index (χ2v) is 6.73. The summed E-state index contributed by atoms with van der Waals surface area (Å²) in [5, 5.41) is 2.98. The monoisotopic (exact) mass is 300 g/mol. The number of carbonyl (C=O) groups is 1. The van der Waals surface area contributed by atoms with Crippen molar-refractivity contribution < 1.29 is 4.79 Å². The fraction of sp³-hybridized carbons (Fsp3) is 0.353. The topological polar surface area (TPSA) is 55.1 Å². The summed E-state index contributed by atoms with van der Waals surface area (Å²) in [7, 11) is 0. The van der Waals surface area contributed by atoms with E-state index in [2.05, 4.69) is 11.4 Å². The molecule has 1 amide bonds. The van der Waals surface area contributed by atoms with Gasteiger partial charge in [0.1, 0.15) is 0 Å². The highest BCUT2D eigenvalue weighted by Crippen LogP contribution is 2.30. The molecule has 0 fully saturated rings. The van der Waals surface area contributed by atoms with Crippen LogP contribution in [-0.4, -0.2) is 5.91 Å². The first-order chi connectivity index (χ1) is 10.2. The van der Waals surface area contributed by atoms with Crippen molar-refractivity contribution in [3.8, 4) is 0 Å². The Balaban J connectivity index is 1.50. The van der Waals surface area contributed by atoms with E-state index in [1.807, 2.05) is 41.7 Å². The van der Waals surface area contributed by atoms with Crippen LogP contribution in [0.3, 0.4) is 0 Å². The Hall–Kier alpha value is -1.65. The number of benzene rings is 1. The van der Waals surface area contributed by atoms with E-state index in [0.29, 0.717) is 13.0 Å². The molecule has 3 rings (SSSR count). The molecule has 3 nitrogen and oxygen atoms in total. The Bertz CT molecular complexity index is 599. The lowest BCUT2D eigenvalue weighted by Gasteiger charge is -2.11. The van der Waals surface area contributed by atoms with Crippen LogP contribution < -0.4 is 11.1 Å². The largest absolute Gasteiger partial charge is 0.351 e. The molecule has 0 spiro atoms. The van der Waals surface area contributed by atoms with Crippen LogP contribution in [0.2, 0.25) is 0 Å². The normalized spacial score (nSPS) is 14.7. The van der Waals surface area contributed by atoms with E-state index in [1.54, 1.807) is 0 Å². The van der Waals surface area contributed by atoms with Gasteiger partial charge in [-0.25, -0.2) is 0 Å². The van der Waals surface area contributed by atoms with Crippen molar-refractivity contribution >= 4 is 17.2 Å². The van der Waals surface area contributed by atoms with Crippen molar-refractivity contribution in [2.75, 3.05) is 0 Å². The fourth-order valence-corrected chi connectivity index (χ4v) is 3.95. The number of carbonyl (C=O) groups excluding carboxylic acids is 1. The highest BCUT2D eigenvalue weighted by atomic mass is 32.1. The summed E-state index contributed by atoms with van der Waals surface area (Å²) < 4.78 is 0. The number of thiophene rings is 1. The molecule has 1 aliphatic rings. The smallest absolute Gasteiger partial charge is 0.222 e. The Labute approximate surface area is 129 Å². The standard InChI is InChI=1S/C17H20N2OS/c18-15(12-5-2-1-3-6-12)10-17(20)19-11-14-9-13-7-4-8-16(13)21-14/h1-3,5-6,9,15H,4,7-8,10-11,18H2,(H,19,20). The molecule has 0 saturated carbocycles. The number of fused-ring (bicyclic) bond motifs is 1. The van der Waals surface area contributed by atoms with Gasteiger partial charge < -0.3 is 11.1 Å². The van der Waals surface area contributed by atoms with Gasteiger partial charge in [0, 0.05) is 22.2 Å². The zero-order valence-corrected chi connectivity index (χ0v) is 12.8. The summed E-state index contributed by atoms with van der Waals surface area (Å²) in [5.74, 6) is 0.0138. The van der Waals surface area contributed by atoms with Crippen LogP contribution in [-0.2, 0) is 24.2 Å². The molecule has 4 heteroatoms. The van der Waals surface area contributed by atoms with Gasteiger partial charge in [-0.1, -0.05) is 30.3 Å². The zero-order chi connectivity index (χ0) is 14.7. The van der Waals surface area contributed by atoms with Gasteiger partial charge in [0.15, 0.2) is 0 Å². The van der Waals surface area contributed by atoms with Gasteiger partial charge in [-0.15, -0.1) is 11.3 Å². The maximum absolute atomic E-state index is 12.0. The van der Waals surface area contributed by atoms with Gasteiger partial charge in [-0.2, -0.15) is 0 Å². The molecular formula is C17H20N2OS. The average molecular weight is 300 g/mol. The summed E-state index contributed by atoms with van der Waals surface area (Å²) in [4.78, 5) is 14.7. The Morgan fingerprint density at radius 1 is 1.29 bits per heavy atom. The summed E-state index contributed by atoms with van der Waals surface area (Å²) in [6, 6.07) is 11.8. The first-order valence-electron chi connectivity index (χ1n) is 7.40. The maximum atomic E-state index is 12.0. The van der Waals surface area contributed by atoms with Crippen LogP contribution in [0.15, 0.2) is 36.4 Å². The van der Waals surface area contributed by atoms with Gasteiger partial charge in [0.2, 0.25) is 5.91 Å². The molecule has 0 saturated heterocycles. The Morgan fingerprint density at radius 3 is 2.86 bits per heavy atom. The van der Waals surface area contributed by atoms with Crippen molar-refractivity contribution in [3.63, 3.8) is 0 Å². The molecule has 110 valence electrons. The van der Waals surface area contributed by atoms with Crippen molar-refractivity contribution in [2.45, 2.75) is 38.3 Å². The molecule has 3 N–H and O–H groups in total. The maximum Gasteiger partial charge on any atom is 0.222 e. The fourth-order valence-electron chi connectivity index (χ4n) is 2.75. The molecule has 0 radical (unpaired) electrons. The minimum Gasteiger partial charge on any atom is -0.351 e. The van der Waals surface area contributed by atoms with Crippen molar-refractivity contribution in [3.05, 3.63) is 57.3 Å². The van der Waals surface area contributed by atoms with Gasteiger partial charge in [-0.05, 0) is 36.5 Å². The molecule has 0 bridgehead atoms. The molecule has 1 unspecified atom stereocenters. The molecular weight excluding hydrogens is 280 g/mol. The first-order valence-corrected chi connectivity index (χ1v) is 8.21. The summed E-state index contributed by atoms with van der Waals surface area (Å²) in [5.41, 5.74) is 8.55. The van der Waals surface area contributed by atoms with Crippen molar-refractivity contribution in [1.82, 2.24) is 5.32 Å². The van der Waals surface area contributed by atoms with E-state index in [1.165, 1.54) is 34.6 Å². The molecule has 1 heterocycles.